The number of hydrogen-bond donors (Lipinski definition) is 3. The Labute approximate surface area is 254 Å². The molecule has 3 N–H and O–H groups in total. The summed E-state index contributed by atoms with van der Waals surface area (Å²) in [5.74, 6) is 0.546. The van der Waals surface area contributed by atoms with Gasteiger partial charge in [0.05, 0.1) is 16.6 Å². The molecule has 3 rings (SSSR count). The summed E-state index contributed by atoms with van der Waals surface area (Å²) in [6.07, 6.45) is 2.01. The van der Waals surface area contributed by atoms with Crippen molar-refractivity contribution in [2.24, 2.45) is 11.8 Å². The Morgan fingerprint density at radius 2 is 1.56 bits per heavy atom. The molecule has 1 aromatic heterocycles. The molecule has 234 valence electrons. The first-order valence-electron chi connectivity index (χ1n) is 15.1. The van der Waals surface area contributed by atoms with Gasteiger partial charge in [-0.3, -0.25) is 4.79 Å². The fraction of sp³-hybridized carbons (Fsp3) is 0.515. The maximum absolute atomic E-state index is 13.6. The lowest BCUT2D eigenvalue weighted by atomic mass is 10.1. The topological polar surface area (TPSA) is 126 Å². The molecule has 0 atom stereocenters. The summed E-state index contributed by atoms with van der Waals surface area (Å²) in [5, 5.41) is 15.3. The standard InChI is InChI=1S/C33H47N5O5/c1-22(2)15-19-37(20-16-23(3)4)29(39)25-11-14-28-27(21-25)36-31(35-26-12-9-24(10-13-26)30(40)41)38(28)18-8-17-34-32(42)43-33(5,6)7/h9-14,21-23H,8,15-20H2,1-7H3,(H,34,42)(H,35,36)(H,40,41). The van der Waals surface area contributed by atoms with Gasteiger partial charge >= 0.3 is 12.1 Å². The van der Waals surface area contributed by atoms with E-state index in [4.69, 9.17) is 9.72 Å². The van der Waals surface area contributed by atoms with Gasteiger partial charge in [0.2, 0.25) is 5.95 Å². The molecule has 2 aromatic carbocycles. The number of carboxylic acid groups (broad SMARTS) is 1. The van der Waals surface area contributed by atoms with Crippen molar-refractivity contribution in [2.45, 2.75) is 79.9 Å². The van der Waals surface area contributed by atoms with E-state index in [9.17, 15) is 19.5 Å². The second kappa shape index (κ2) is 14.9. The fourth-order valence-corrected chi connectivity index (χ4v) is 4.48. The van der Waals surface area contributed by atoms with E-state index in [-0.39, 0.29) is 11.5 Å². The number of aromatic nitrogens is 2. The molecular weight excluding hydrogens is 546 g/mol. The lowest BCUT2D eigenvalue weighted by Gasteiger charge is -2.24. The average Bonchev–Trinajstić information content (AvgIpc) is 3.25. The summed E-state index contributed by atoms with van der Waals surface area (Å²) in [6, 6.07) is 12.0. The van der Waals surface area contributed by atoms with E-state index in [2.05, 4.69) is 38.3 Å². The van der Waals surface area contributed by atoms with Crippen LogP contribution in [0.15, 0.2) is 42.5 Å². The number of amides is 2. The Hall–Kier alpha value is -4.08. The molecule has 0 aliphatic carbocycles. The van der Waals surface area contributed by atoms with Gasteiger partial charge in [-0.1, -0.05) is 27.7 Å². The van der Waals surface area contributed by atoms with E-state index < -0.39 is 17.7 Å². The van der Waals surface area contributed by atoms with Gasteiger partial charge in [-0.25, -0.2) is 14.6 Å². The fourth-order valence-electron chi connectivity index (χ4n) is 4.48. The van der Waals surface area contributed by atoms with Crippen molar-refractivity contribution in [3.63, 3.8) is 0 Å². The van der Waals surface area contributed by atoms with E-state index in [0.29, 0.717) is 67.2 Å². The number of nitrogens with one attached hydrogen (secondary N) is 2. The molecule has 10 nitrogen and oxygen atoms in total. The first kappa shape index (κ1) is 33.4. The van der Waals surface area contributed by atoms with Gasteiger partial charge in [-0.2, -0.15) is 0 Å². The molecule has 0 fully saturated rings. The van der Waals surface area contributed by atoms with Crippen LogP contribution in [0.25, 0.3) is 11.0 Å². The first-order chi connectivity index (χ1) is 20.2. The van der Waals surface area contributed by atoms with Gasteiger partial charge < -0.3 is 29.9 Å². The third-order valence-corrected chi connectivity index (χ3v) is 6.85. The Morgan fingerprint density at radius 1 is 0.953 bits per heavy atom. The van der Waals surface area contributed by atoms with Crippen LogP contribution in [0.5, 0.6) is 0 Å². The van der Waals surface area contributed by atoms with Crippen molar-refractivity contribution < 1.29 is 24.2 Å². The predicted molar refractivity (Wildman–Crippen MR) is 170 cm³/mol. The van der Waals surface area contributed by atoms with E-state index in [1.54, 1.807) is 12.1 Å². The van der Waals surface area contributed by atoms with Crippen molar-refractivity contribution >= 4 is 40.6 Å². The smallest absolute Gasteiger partial charge is 0.407 e. The van der Waals surface area contributed by atoms with E-state index in [1.807, 2.05) is 48.4 Å². The van der Waals surface area contributed by atoms with E-state index in [0.717, 1.165) is 18.4 Å². The number of benzene rings is 2. The lowest BCUT2D eigenvalue weighted by Crippen LogP contribution is -2.34. The average molecular weight is 594 g/mol. The summed E-state index contributed by atoms with van der Waals surface area (Å²) >= 11 is 0. The molecule has 0 aliphatic rings. The Morgan fingerprint density at radius 3 is 2.12 bits per heavy atom. The normalized spacial score (nSPS) is 11.7. The molecule has 1 heterocycles. The summed E-state index contributed by atoms with van der Waals surface area (Å²) < 4.78 is 7.33. The number of imidazole rings is 1. The summed E-state index contributed by atoms with van der Waals surface area (Å²) in [5.41, 5.74) is 2.39. The summed E-state index contributed by atoms with van der Waals surface area (Å²) in [6.45, 7) is 16.5. The third-order valence-electron chi connectivity index (χ3n) is 6.85. The second-order valence-corrected chi connectivity index (χ2v) is 12.7. The monoisotopic (exact) mass is 593 g/mol. The van der Waals surface area contributed by atoms with Gasteiger partial charge in [-0.05, 0) is 94.3 Å². The number of aromatic carboxylic acids is 1. The molecule has 10 heteroatoms. The van der Waals surface area contributed by atoms with Gasteiger partial charge in [0.15, 0.2) is 0 Å². The maximum Gasteiger partial charge on any atom is 0.407 e. The minimum absolute atomic E-state index is 0.00178. The number of carbonyl (C=O) groups is 3. The van der Waals surface area contributed by atoms with Gasteiger partial charge in [-0.15, -0.1) is 0 Å². The molecule has 0 bridgehead atoms. The maximum atomic E-state index is 13.6. The van der Waals surface area contributed by atoms with Crippen LogP contribution < -0.4 is 10.6 Å². The largest absolute Gasteiger partial charge is 0.478 e. The molecule has 3 aromatic rings. The highest BCUT2D eigenvalue weighted by molar-refractivity contribution is 5.98. The number of rotatable bonds is 14. The van der Waals surface area contributed by atoms with Crippen molar-refractivity contribution in [1.82, 2.24) is 19.8 Å². The molecule has 0 saturated heterocycles. The van der Waals surface area contributed by atoms with Crippen LogP contribution >= 0.6 is 0 Å². The number of carbonyl (C=O) groups excluding carboxylic acids is 2. The Kier molecular flexibility index (Phi) is 11.6. The number of anilines is 2. The molecule has 43 heavy (non-hydrogen) atoms. The number of nitrogens with zero attached hydrogens (tertiary/aromatic N) is 3. The number of ether oxygens (including phenoxy) is 1. The van der Waals surface area contributed by atoms with Crippen LogP contribution in [0.1, 0.15) is 88.4 Å². The number of aryl methyl sites for hydroxylation is 1. The van der Waals surface area contributed by atoms with Crippen LogP contribution in [-0.2, 0) is 11.3 Å². The van der Waals surface area contributed by atoms with Crippen LogP contribution in [0.4, 0.5) is 16.4 Å². The Balaban J connectivity index is 1.88. The molecule has 0 radical (unpaired) electrons. The zero-order chi connectivity index (χ0) is 31.7. The number of hydrogen-bond acceptors (Lipinski definition) is 6. The van der Waals surface area contributed by atoms with Crippen molar-refractivity contribution in [2.75, 3.05) is 25.0 Å². The van der Waals surface area contributed by atoms with Gasteiger partial charge in [0, 0.05) is 37.4 Å². The molecular formula is C33H47N5O5. The number of alkyl carbamates (subject to hydrolysis) is 1. The highest BCUT2D eigenvalue weighted by Crippen LogP contribution is 2.25. The summed E-state index contributed by atoms with van der Waals surface area (Å²) in [4.78, 5) is 43.8. The van der Waals surface area contributed by atoms with Crippen LogP contribution in [0.3, 0.4) is 0 Å². The quantitative estimate of drug-likeness (QED) is 0.173. The van der Waals surface area contributed by atoms with Crippen LogP contribution in [0, 0.1) is 11.8 Å². The highest BCUT2D eigenvalue weighted by atomic mass is 16.6. The van der Waals surface area contributed by atoms with Gasteiger partial charge in [0.1, 0.15) is 5.60 Å². The number of carboxylic acids is 1. The minimum Gasteiger partial charge on any atom is -0.478 e. The van der Waals surface area contributed by atoms with Crippen molar-refractivity contribution in [1.29, 1.82) is 0 Å². The Bertz CT molecular complexity index is 1380. The van der Waals surface area contributed by atoms with E-state index >= 15 is 0 Å². The SMILES string of the molecule is CC(C)CCN(CCC(C)C)C(=O)c1ccc2c(c1)nc(Nc1ccc(C(=O)O)cc1)n2CCCNC(=O)OC(C)(C)C. The van der Waals surface area contributed by atoms with Crippen molar-refractivity contribution in [3.8, 4) is 0 Å². The van der Waals surface area contributed by atoms with Crippen LogP contribution in [-0.4, -0.2) is 62.8 Å². The summed E-state index contributed by atoms with van der Waals surface area (Å²) in [7, 11) is 0. The predicted octanol–water partition coefficient (Wildman–Crippen LogP) is 6.93. The van der Waals surface area contributed by atoms with Gasteiger partial charge in [0.25, 0.3) is 5.91 Å². The zero-order valence-corrected chi connectivity index (χ0v) is 26.6. The van der Waals surface area contributed by atoms with Crippen LogP contribution in [0.2, 0.25) is 0 Å². The highest BCUT2D eigenvalue weighted by Gasteiger charge is 2.20. The first-order valence-corrected chi connectivity index (χ1v) is 15.1. The molecule has 0 spiro atoms. The second-order valence-electron chi connectivity index (χ2n) is 12.7. The molecule has 2 amide bonds. The lowest BCUT2D eigenvalue weighted by molar-refractivity contribution is 0.0525. The third kappa shape index (κ3) is 10.3. The van der Waals surface area contributed by atoms with Crippen molar-refractivity contribution in [3.05, 3.63) is 53.6 Å². The molecule has 0 unspecified atom stereocenters. The zero-order valence-electron chi connectivity index (χ0n) is 26.6. The molecule has 0 saturated carbocycles. The van der Waals surface area contributed by atoms with E-state index in [1.165, 1.54) is 12.1 Å². The minimum atomic E-state index is -0.996. The molecule has 0 aliphatic heterocycles. The number of fused-ring (bicyclic) bond motifs is 1.